The fraction of sp³-hybridized carbons (Fsp3) is 0. The number of hydrogen-bond acceptors (Lipinski definition) is 2. The number of carbonyl (C=O) groups excluding carboxylic acids is 1. The van der Waals surface area contributed by atoms with Crippen LogP contribution in [0.25, 0.3) is 0 Å². The van der Waals surface area contributed by atoms with Crippen LogP contribution in [-0.2, 0) is 0 Å². The summed E-state index contributed by atoms with van der Waals surface area (Å²) in [5.41, 5.74) is 1.07. The van der Waals surface area contributed by atoms with Crippen LogP contribution in [0.5, 0.6) is 0 Å². The second kappa shape index (κ2) is 5.13. The van der Waals surface area contributed by atoms with Gasteiger partial charge in [0.15, 0.2) is 5.78 Å². The van der Waals surface area contributed by atoms with Gasteiger partial charge < -0.3 is 0 Å². The molecule has 0 aliphatic heterocycles. The minimum absolute atomic E-state index is 0.109. The van der Waals surface area contributed by atoms with Gasteiger partial charge in [-0.25, -0.2) is 0 Å². The molecule has 0 aliphatic carbocycles. The predicted molar refractivity (Wildman–Crippen MR) is 73.6 cm³/mol. The summed E-state index contributed by atoms with van der Waals surface area (Å²) in [5, 5.41) is 0.901. The molecular formula is C13H8Cl2OS. The van der Waals surface area contributed by atoms with Crippen LogP contribution in [0.4, 0.5) is 0 Å². The smallest absolute Gasteiger partial charge is 0.193 e. The summed E-state index contributed by atoms with van der Waals surface area (Å²) in [7, 11) is 0. The van der Waals surface area contributed by atoms with Crippen LogP contribution in [-0.4, -0.2) is 5.78 Å². The minimum Gasteiger partial charge on any atom is -0.289 e. The molecule has 0 heterocycles. The van der Waals surface area contributed by atoms with Gasteiger partial charge in [0.2, 0.25) is 0 Å². The minimum atomic E-state index is -0.109. The topological polar surface area (TPSA) is 17.1 Å². The molecule has 0 saturated carbocycles. The van der Waals surface area contributed by atoms with E-state index in [4.69, 9.17) is 23.2 Å². The van der Waals surface area contributed by atoms with E-state index < -0.39 is 0 Å². The van der Waals surface area contributed by atoms with Gasteiger partial charge in [-0.05, 0) is 42.5 Å². The van der Waals surface area contributed by atoms with Crippen LogP contribution in [0.3, 0.4) is 0 Å². The van der Waals surface area contributed by atoms with E-state index in [-0.39, 0.29) is 5.78 Å². The Bertz CT molecular complexity index is 544. The quantitative estimate of drug-likeness (QED) is 0.633. The molecule has 0 bridgehead atoms. The van der Waals surface area contributed by atoms with Crippen molar-refractivity contribution >= 4 is 41.6 Å². The Morgan fingerprint density at radius 3 is 1.94 bits per heavy atom. The Morgan fingerprint density at radius 1 is 0.882 bits per heavy atom. The van der Waals surface area contributed by atoms with E-state index in [2.05, 4.69) is 12.6 Å². The number of hydrogen-bond donors (Lipinski definition) is 1. The van der Waals surface area contributed by atoms with Gasteiger partial charge in [-0.3, -0.25) is 4.79 Å². The van der Waals surface area contributed by atoms with Gasteiger partial charge in [0, 0.05) is 26.1 Å². The van der Waals surface area contributed by atoms with E-state index in [1.54, 1.807) is 42.5 Å². The first-order valence-electron chi connectivity index (χ1n) is 4.86. The Balaban J connectivity index is 2.40. The Labute approximate surface area is 115 Å². The second-order valence-electron chi connectivity index (χ2n) is 3.53. The molecular weight excluding hydrogens is 275 g/mol. The van der Waals surface area contributed by atoms with Crippen LogP contribution >= 0.6 is 35.8 Å². The van der Waals surface area contributed by atoms with Crippen molar-refractivity contribution in [1.82, 2.24) is 0 Å². The highest BCUT2D eigenvalue weighted by molar-refractivity contribution is 7.80. The lowest BCUT2D eigenvalue weighted by Crippen LogP contribution is -2.00. The summed E-state index contributed by atoms with van der Waals surface area (Å²) >= 11 is 15.9. The zero-order valence-electron chi connectivity index (χ0n) is 8.65. The average molecular weight is 283 g/mol. The van der Waals surface area contributed by atoms with E-state index in [1.807, 2.05) is 0 Å². The lowest BCUT2D eigenvalue weighted by Gasteiger charge is -2.03. The van der Waals surface area contributed by atoms with Gasteiger partial charge >= 0.3 is 0 Å². The number of carbonyl (C=O) groups is 1. The fourth-order valence-electron chi connectivity index (χ4n) is 1.46. The molecule has 1 nitrogen and oxygen atoms in total. The molecule has 2 aromatic rings. The molecule has 0 radical (unpaired) electrons. The number of benzene rings is 2. The maximum atomic E-state index is 12.1. The molecule has 0 unspecified atom stereocenters. The predicted octanol–water partition coefficient (Wildman–Crippen LogP) is 4.51. The van der Waals surface area contributed by atoms with Gasteiger partial charge in [0.1, 0.15) is 0 Å². The highest BCUT2D eigenvalue weighted by atomic mass is 35.5. The third kappa shape index (κ3) is 3.03. The number of ketones is 1. The van der Waals surface area contributed by atoms with Crippen molar-refractivity contribution in [3.63, 3.8) is 0 Å². The van der Waals surface area contributed by atoms with Crippen LogP contribution in [0.15, 0.2) is 47.4 Å². The van der Waals surface area contributed by atoms with Crippen molar-refractivity contribution in [2.45, 2.75) is 4.90 Å². The molecule has 2 aromatic carbocycles. The Kier molecular flexibility index (Phi) is 3.77. The molecule has 0 saturated heterocycles. The van der Waals surface area contributed by atoms with Gasteiger partial charge in [-0.2, -0.15) is 0 Å². The van der Waals surface area contributed by atoms with Crippen molar-refractivity contribution in [2.24, 2.45) is 0 Å². The molecule has 86 valence electrons. The largest absolute Gasteiger partial charge is 0.289 e. The van der Waals surface area contributed by atoms with Crippen LogP contribution in [0, 0.1) is 0 Å². The van der Waals surface area contributed by atoms with Crippen LogP contribution < -0.4 is 0 Å². The van der Waals surface area contributed by atoms with Gasteiger partial charge in [0.05, 0.1) is 0 Å². The normalized spacial score (nSPS) is 10.3. The van der Waals surface area contributed by atoms with Crippen molar-refractivity contribution < 1.29 is 4.79 Å². The molecule has 0 amide bonds. The number of halogens is 2. The molecule has 0 fully saturated rings. The van der Waals surface area contributed by atoms with Crippen molar-refractivity contribution in [1.29, 1.82) is 0 Å². The molecule has 0 spiro atoms. The van der Waals surface area contributed by atoms with Gasteiger partial charge in [0.25, 0.3) is 0 Å². The Hall–Kier alpha value is -0.960. The van der Waals surface area contributed by atoms with Gasteiger partial charge in [-0.1, -0.05) is 23.2 Å². The summed E-state index contributed by atoms with van der Waals surface area (Å²) in [6.45, 7) is 0. The van der Waals surface area contributed by atoms with E-state index >= 15 is 0 Å². The Morgan fingerprint density at radius 2 is 1.41 bits per heavy atom. The molecule has 0 aliphatic rings. The molecule has 2 rings (SSSR count). The van der Waals surface area contributed by atoms with Crippen molar-refractivity contribution in [2.75, 3.05) is 0 Å². The zero-order chi connectivity index (χ0) is 12.4. The van der Waals surface area contributed by atoms with Crippen molar-refractivity contribution in [3.05, 3.63) is 63.6 Å². The van der Waals surface area contributed by atoms with Crippen LogP contribution in [0.1, 0.15) is 15.9 Å². The lowest BCUT2D eigenvalue weighted by atomic mass is 10.0. The summed E-state index contributed by atoms with van der Waals surface area (Å²) in [4.78, 5) is 12.9. The first kappa shape index (κ1) is 12.5. The molecule has 4 heteroatoms. The summed E-state index contributed by atoms with van der Waals surface area (Å²) < 4.78 is 0. The highest BCUT2D eigenvalue weighted by Gasteiger charge is 2.10. The number of rotatable bonds is 2. The summed E-state index contributed by atoms with van der Waals surface area (Å²) in [6.07, 6.45) is 0. The average Bonchev–Trinajstić information content (AvgIpc) is 2.28. The maximum Gasteiger partial charge on any atom is 0.193 e. The van der Waals surface area contributed by atoms with E-state index in [1.165, 1.54) is 0 Å². The lowest BCUT2D eigenvalue weighted by molar-refractivity contribution is 0.103. The summed E-state index contributed by atoms with van der Waals surface area (Å²) in [5.74, 6) is -0.109. The second-order valence-corrected chi connectivity index (χ2v) is 4.92. The first-order valence-corrected chi connectivity index (χ1v) is 6.06. The third-order valence-electron chi connectivity index (χ3n) is 2.25. The van der Waals surface area contributed by atoms with E-state index in [0.29, 0.717) is 21.2 Å². The molecule has 0 atom stereocenters. The molecule has 17 heavy (non-hydrogen) atoms. The monoisotopic (exact) mass is 282 g/mol. The van der Waals surface area contributed by atoms with Crippen LogP contribution in [0.2, 0.25) is 10.0 Å². The summed E-state index contributed by atoms with van der Waals surface area (Å²) in [6, 6.07) is 11.8. The maximum absolute atomic E-state index is 12.1. The highest BCUT2D eigenvalue weighted by Crippen LogP contribution is 2.21. The van der Waals surface area contributed by atoms with E-state index in [0.717, 1.165) is 4.90 Å². The third-order valence-corrected chi connectivity index (χ3v) is 2.99. The van der Waals surface area contributed by atoms with Gasteiger partial charge in [-0.15, -0.1) is 12.6 Å². The zero-order valence-corrected chi connectivity index (χ0v) is 11.1. The SMILES string of the molecule is O=C(c1ccc(S)cc1)c1cc(Cl)cc(Cl)c1. The number of thiol groups is 1. The standard InChI is InChI=1S/C13H8Cl2OS/c14-10-5-9(6-11(15)7-10)13(16)8-1-3-12(17)4-2-8/h1-7,17H. The molecule has 0 N–H and O–H groups in total. The van der Waals surface area contributed by atoms with E-state index in [9.17, 15) is 4.79 Å². The first-order chi connectivity index (χ1) is 8.06. The fourth-order valence-corrected chi connectivity index (χ4v) is 2.14. The van der Waals surface area contributed by atoms with Crippen molar-refractivity contribution in [3.8, 4) is 0 Å². The molecule has 0 aromatic heterocycles.